The molecule has 4 heterocycles. The van der Waals surface area contributed by atoms with E-state index >= 15 is 0 Å². The van der Waals surface area contributed by atoms with Gasteiger partial charge in [0.1, 0.15) is 13.3 Å². The molecule has 0 unspecified atom stereocenters. The monoisotopic (exact) mass is 291 g/mol. The van der Waals surface area contributed by atoms with Gasteiger partial charge in [-0.25, -0.2) is 0 Å². The SMILES string of the molecule is Cc1c2c3c(coc3n1C)Oc1cc3ccccc3[n+](C)c1-2. The molecule has 0 saturated heterocycles. The average Bonchev–Trinajstić information content (AvgIpc) is 3.05. The number of nitrogens with zero attached hydrogens (tertiary/aromatic N) is 2. The Labute approximate surface area is 127 Å². The Morgan fingerprint density at radius 3 is 2.82 bits per heavy atom. The first-order valence-corrected chi connectivity index (χ1v) is 7.33. The van der Waals surface area contributed by atoms with Gasteiger partial charge in [0.25, 0.3) is 5.69 Å². The molecule has 4 heteroatoms. The zero-order valence-corrected chi connectivity index (χ0v) is 12.7. The highest BCUT2D eigenvalue weighted by molar-refractivity contribution is 6.02. The second-order valence-electron chi connectivity index (χ2n) is 5.88. The van der Waals surface area contributed by atoms with Crippen LogP contribution in [0.3, 0.4) is 0 Å². The number of furan rings is 1. The fraction of sp³-hybridized carbons (Fsp3) is 0.167. The van der Waals surface area contributed by atoms with Gasteiger partial charge in [0.15, 0.2) is 11.5 Å². The number of aryl methyl sites for hydroxylation is 2. The van der Waals surface area contributed by atoms with Crippen molar-refractivity contribution in [2.24, 2.45) is 14.1 Å². The highest BCUT2D eigenvalue weighted by Gasteiger charge is 2.34. The Morgan fingerprint density at radius 1 is 1.14 bits per heavy atom. The van der Waals surface area contributed by atoms with Crippen LogP contribution in [0.2, 0.25) is 0 Å². The minimum Gasteiger partial charge on any atom is -0.446 e. The molecule has 1 aliphatic rings. The Morgan fingerprint density at radius 2 is 1.95 bits per heavy atom. The summed E-state index contributed by atoms with van der Waals surface area (Å²) < 4.78 is 16.1. The summed E-state index contributed by atoms with van der Waals surface area (Å²) in [4.78, 5) is 0. The predicted octanol–water partition coefficient (Wildman–Crippen LogP) is 3.83. The molecule has 0 bridgehead atoms. The second kappa shape index (κ2) is 3.71. The van der Waals surface area contributed by atoms with E-state index in [4.69, 9.17) is 9.15 Å². The van der Waals surface area contributed by atoms with Gasteiger partial charge in [-0.1, -0.05) is 12.1 Å². The lowest BCUT2D eigenvalue weighted by Gasteiger charge is -2.14. The molecule has 22 heavy (non-hydrogen) atoms. The summed E-state index contributed by atoms with van der Waals surface area (Å²) in [5.41, 5.74) is 5.55. The maximum atomic E-state index is 6.12. The van der Waals surface area contributed by atoms with Crippen LogP contribution < -0.4 is 9.30 Å². The van der Waals surface area contributed by atoms with E-state index < -0.39 is 0 Å². The Balaban J connectivity index is 2.02. The van der Waals surface area contributed by atoms with Crippen molar-refractivity contribution in [3.05, 3.63) is 42.3 Å². The van der Waals surface area contributed by atoms with Gasteiger partial charge >= 0.3 is 0 Å². The van der Waals surface area contributed by atoms with Gasteiger partial charge in [-0.15, -0.1) is 0 Å². The molecule has 0 atom stereocenters. The number of rotatable bonds is 0. The fourth-order valence-electron chi connectivity index (χ4n) is 3.57. The number of hydrogen-bond donors (Lipinski definition) is 0. The summed E-state index contributed by atoms with van der Waals surface area (Å²) in [5.74, 6) is 1.68. The van der Waals surface area contributed by atoms with Crippen LogP contribution in [0.4, 0.5) is 0 Å². The largest absolute Gasteiger partial charge is 0.446 e. The van der Waals surface area contributed by atoms with Gasteiger partial charge in [-0.05, 0) is 13.0 Å². The average molecular weight is 291 g/mol. The van der Waals surface area contributed by atoms with E-state index in [0.717, 1.165) is 28.3 Å². The third kappa shape index (κ3) is 1.21. The summed E-state index contributed by atoms with van der Waals surface area (Å²) >= 11 is 0. The lowest BCUT2D eigenvalue weighted by atomic mass is 10.0. The summed E-state index contributed by atoms with van der Waals surface area (Å²) in [5, 5.41) is 2.24. The van der Waals surface area contributed by atoms with Crippen LogP contribution in [0.5, 0.6) is 11.5 Å². The van der Waals surface area contributed by atoms with Crippen molar-refractivity contribution in [3.8, 4) is 22.8 Å². The van der Waals surface area contributed by atoms with Crippen molar-refractivity contribution in [2.45, 2.75) is 6.92 Å². The van der Waals surface area contributed by atoms with Crippen molar-refractivity contribution in [3.63, 3.8) is 0 Å². The van der Waals surface area contributed by atoms with E-state index in [1.807, 2.05) is 13.1 Å². The lowest BCUT2D eigenvalue weighted by molar-refractivity contribution is -0.633. The zero-order chi connectivity index (χ0) is 15.0. The van der Waals surface area contributed by atoms with E-state index in [9.17, 15) is 0 Å². The number of pyridine rings is 1. The van der Waals surface area contributed by atoms with Gasteiger partial charge in [-0.3, -0.25) is 0 Å². The van der Waals surface area contributed by atoms with E-state index in [1.54, 1.807) is 6.26 Å². The quantitative estimate of drug-likeness (QED) is 0.406. The third-order valence-electron chi connectivity index (χ3n) is 4.77. The maximum Gasteiger partial charge on any atom is 0.258 e. The maximum absolute atomic E-state index is 6.12. The van der Waals surface area contributed by atoms with E-state index in [2.05, 4.69) is 47.4 Å². The van der Waals surface area contributed by atoms with Gasteiger partial charge in [0, 0.05) is 24.9 Å². The van der Waals surface area contributed by atoms with Crippen molar-refractivity contribution in [2.75, 3.05) is 0 Å². The van der Waals surface area contributed by atoms with Crippen LogP contribution in [-0.2, 0) is 14.1 Å². The molecular formula is C18H15N2O2+. The third-order valence-corrected chi connectivity index (χ3v) is 4.77. The van der Waals surface area contributed by atoms with E-state index in [-0.39, 0.29) is 0 Å². The minimum atomic E-state index is 0.802. The van der Waals surface area contributed by atoms with Gasteiger partial charge in [-0.2, -0.15) is 4.57 Å². The molecule has 0 saturated carbocycles. The molecule has 1 aromatic carbocycles. The molecule has 0 amide bonds. The first-order valence-electron chi connectivity index (χ1n) is 7.33. The second-order valence-corrected chi connectivity index (χ2v) is 5.88. The lowest BCUT2D eigenvalue weighted by Crippen LogP contribution is -2.33. The normalized spacial score (nSPS) is 12.7. The van der Waals surface area contributed by atoms with Gasteiger partial charge in [0.05, 0.1) is 16.3 Å². The molecule has 0 N–H and O–H groups in total. The molecule has 0 spiro atoms. The Bertz CT molecular complexity index is 1090. The first-order chi connectivity index (χ1) is 10.7. The summed E-state index contributed by atoms with van der Waals surface area (Å²) in [6.45, 7) is 2.12. The number of aromatic nitrogens is 2. The summed E-state index contributed by atoms with van der Waals surface area (Å²) in [6, 6.07) is 10.5. The number of ether oxygens (including phenoxy) is 1. The minimum absolute atomic E-state index is 0.802. The molecule has 4 nitrogen and oxygen atoms in total. The molecule has 4 aromatic rings. The Hall–Kier alpha value is -2.75. The molecular weight excluding hydrogens is 276 g/mol. The van der Waals surface area contributed by atoms with Crippen LogP contribution in [0.15, 0.2) is 41.0 Å². The smallest absolute Gasteiger partial charge is 0.258 e. The fourth-order valence-corrected chi connectivity index (χ4v) is 3.57. The molecule has 3 aromatic heterocycles. The molecule has 108 valence electrons. The first kappa shape index (κ1) is 11.9. The van der Waals surface area contributed by atoms with Gasteiger partial charge in [0.2, 0.25) is 11.2 Å². The van der Waals surface area contributed by atoms with Crippen molar-refractivity contribution in [1.82, 2.24) is 4.57 Å². The topological polar surface area (TPSA) is 31.2 Å². The highest BCUT2D eigenvalue weighted by atomic mass is 16.5. The van der Waals surface area contributed by atoms with Crippen LogP contribution in [-0.4, -0.2) is 4.57 Å². The highest BCUT2D eigenvalue weighted by Crippen LogP contribution is 2.49. The number of benzene rings is 1. The van der Waals surface area contributed by atoms with Crippen molar-refractivity contribution >= 4 is 22.0 Å². The molecule has 0 radical (unpaired) electrons. The molecule has 0 aliphatic carbocycles. The van der Waals surface area contributed by atoms with Crippen LogP contribution in [0.1, 0.15) is 5.69 Å². The summed E-state index contributed by atoms with van der Waals surface area (Å²) in [7, 11) is 4.12. The molecule has 5 rings (SSSR count). The van der Waals surface area contributed by atoms with Crippen molar-refractivity contribution in [1.29, 1.82) is 0 Å². The number of fused-ring (bicyclic) bond motifs is 3. The number of para-hydroxylation sites is 1. The number of hydrogen-bond acceptors (Lipinski definition) is 2. The van der Waals surface area contributed by atoms with Crippen LogP contribution in [0, 0.1) is 6.92 Å². The zero-order valence-electron chi connectivity index (χ0n) is 12.7. The summed E-state index contributed by atoms with van der Waals surface area (Å²) in [6.07, 6.45) is 1.70. The molecule has 1 aliphatic heterocycles. The van der Waals surface area contributed by atoms with Crippen molar-refractivity contribution < 1.29 is 13.7 Å². The predicted molar refractivity (Wildman–Crippen MR) is 84.1 cm³/mol. The van der Waals surface area contributed by atoms with Crippen LogP contribution in [0.25, 0.3) is 33.3 Å². The Kier molecular flexibility index (Phi) is 2.00. The van der Waals surface area contributed by atoms with Gasteiger partial charge < -0.3 is 13.7 Å². The van der Waals surface area contributed by atoms with Crippen LogP contribution >= 0.6 is 0 Å². The van der Waals surface area contributed by atoms with E-state index in [0.29, 0.717) is 0 Å². The van der Waals surface area contributed by atoms with E-state index in [1.165, 1.54) is 22.2 Å². The molecule has 0 fully saturated rings. The standard InChI is InChI=1S/C18H15N2O2/c1-10-15-16-14(9-21-18(16)19(10)2)22-13-8-11-6-4-5-7-12(11)20(3)17(13)15/h4-9H,1-3H3/q+1.